The van der Waals surface area contributed by atoms with Crippen LogP contribution < -0.4 is 5.32 Å². The molecule has 2 saturated carbocycles. The lowest BCUT2D eigenvalue weighted by molar-refractivity contribution is -0.123. The van der Waals surface area contributed by atoms with Crippen LogP contribution in [0, 0.1) is 17.2 Å². The second kappa shape index (κ2) is 4.63. The Kier molecular flexibility index (Phi) is 3.52. The van der Waals surface area contributed by atoms with Crippen LogP contribution in [0.1, 0.15) is 25.7 Å². The van der Waals surface area contributed by atoms with Gasteiger partial charge in [-0.25, -0.2) is 0 Å². The van der Waals surface area contributed by atoms with Crippen molar-refractivity contribution in [3.63, 3.8) is 0 Å². The molecule has 17 heavy (non-hydrogen) atoms. The molecule has 0 bridgehead atoms. The highest BCUT2D eigenvalue weighted by Gasteiger charge is 2.36. The molecule has 2 rings (SSSR count). The predicted octanol–water partition coefficient (Wildman–Crippen LogP) is 3.58. The van der Waals surface area contributed by atoms with Gasteiger partial charge in [0, 0.05) is 11.6 Å². The number of halogens is 4. The van der Waals surface area contributed by atoms with E-state index in [1.807, 2.05) is 0 Å². The molecule has 0 heterocycles. The SMILES string of the molecule is N=C(/C(Br)=C(\NCC(F)(F)F)C1CC1)C1CC1. The first kappa shape index (κ1) is 12.9. The highest BCUT2D eigenvalue weighted by atomic mass is 79.9. The van der Waals surface area contributed by atoms with E-state index >= 15 is 0 Å². The van der Waals surface area contributed by atoms with Gasteiger partial charge in [0.25, 0.3) is 0 Å². The van der Waals surface area contributed by atoms with Gasteiger partial charge in [0.1, 0.15) is 6.54 Å². The van der Waals surface area contributed by atoms with Crippen molar-refractivity contribution in [1.29, 1.82) is 5.41 Å². The zero-order chi connectivity index (χ0) is 12.6. The number of alkyl halides is 3. The number of hydrogen-bond donors (Lipinski definition) is 2. The standard InChI is InChI=1S/C11H14BrF3N2/c12-8(9(16)6-1-2-6)10(7-3-4-7)17-5-11(13,14)15/h6-7,16-17H,1-5H2/b10-8+,16-9?. The van der Waals surface area contributed by atoms with Crippen molar-refractivity contribution in [2.75, 3.05) is 6.54 Å². The molecule has 0 radical (unpaired) electrons. The van der Waals surface area contributed by atoms with Crippen molar-refractivity contribution in [3.05, 3.63) is 10.2 Å². The molecular formula is C11H14BrF3N2. The number of nitrogens with one attached hydrogen (secondary N) is 2. The van der Waals surface area contributed by atoms with Crippen LogP contribution >= 0.6 is 15.9 Å². The lowest BCUT2D eigenvalue weighted by atomic mass is 10.1. The van der Waals surface area contributed by atoms with Crippen LogP contribution in [0.4, 0.5) is 13.2 Å². The molecule has 2 fully saturated rings. The van der Waals surface area contributed by atoms with Gasteiger partial charge in [0.15, 0.2) is 0 Å². The highest BCUT2D eigenvalue weighted by Crippen LogP contribution is 2.41. The third-order valence-electron chi connectivity index (χ3n) is 2.92. The van der Waals surface area contributed by atoms with Gasteiger partial charge in [-0.05, 0) is 47.5 Å². The zero-order valence-corrected chi connectivity index (χ0v) is 10.8. The summed E-state index contributed by atoms with van der Waals surface area (Å²) in [6.45, 7) is -1.02. The summed E-state index contributed by atoms with van der Waals surface area (Å²) in [5.74, 6) is 0.414. The van der Waals surface area contributed by atoms with Gasteiger partial charge in [-0.2, -0.15) is 13.2 Å². The van der Waals surface area contributed by atoms with E-state index in [1.54, 1.807) is 0 Å². The fourth-order valence-corrected chi connectivity index (χ4v) is 2.45. The van der Waals surface area contributed by atoms with Gasteiger partial charge in [0.2, 0.25) is 0 Å². The fourth-order valence-electron chi connectivity index (χ4n) is 1.66. The molecule has 0 amide bonds. The molecule has 0 aromatic carbocycles. The van der Waals surface area contributed by atoms with E-state index in [0.29, 0.717) is 15.9 Å². The summed E-state index contributed by atoms with van der Waals surface area (Å²) in [5, 5.41) is 10.3. The minimum absolute atomic E-state index is 0.172. The van der Waals surface area contributed by atoms with Gasteiger partial charge in [-0.3, -0.25) is 0 Å². The van der Waals surface area contributed by atoms with Crippen LogP contribution in [0.5, 0.6) is 0 Å². The molecule has 0 aromatic rings. The first-order valence-corrected chi connectivity index (χ1v) is 6.47. The zero-order valence-electron chi connectivity index (χ0n) is 9.20. The lowest BCUT2D eigenvalue weighted by Crippen LogP contribution is -2.30. The van der Waals surface area contributed by atoms with Crippen molar-refractivity contribution >= 4 is 21.6 Å². The summed E-state index contributed by atoms with van der Waals surface area (Å²) < 4.78 is 37.1. The average Bonchev–Trinajstić information content (AvgIpc) is 3.06. The smallest absolute Gasteiger partial charge is 0.379 e. The maximum atomic E-state index is 12.2. The van der Waals surface area contributed by atoms with E-state index in [2.05, 4.69) is 21.2 Å². The summed E-state index contributed by atoms with van der Waals surface area (Å²) in [7, 11) is 0. The highest BCUT2D eigenvalue weighted by molar-refractivity contribution is 9.12. The molecule has 6 heteroatoms. The van der Waals surface area contributed by atoms with Gasteiger partial charge in [-0.1, -0.05) is 0 Å². The Morgan fingerprint density at radius 1 is 1.18 bits per heavy atom. The molecular weight excluding hydrogens is 297 g/mol. The Morgan fingerprint density at radius 3 is 2.12 bits per heavy atom. The van der Waals surface area contributed by atoms with E-state index in [1.165, 1.54) is 0 Å². The quantitative estimate of drug-likeness (QED) is 0.748. The molecule has 2 aliphatic rings. The maximum absolute atomic E-state index is 12.2. The molecule has 0 spiro atoms. The van der Waals surface area contributed by atoms with Crippen LogP contribution in [0.2, 0.25) is 0 Å². The summed E-state index contributed by atoms with van der Waals surface area (Å²) in [5.41, 5.74) is 1.01. The lowest BCUT2D eigenvalue weighted by Gasteiger charge is -2.15. The first-order chi connectivity index (χ1) is 7.88. The van der Waals surface area contributed by atoms with Gasteiger partial charge in [0.05, 0.1) is 10.2 Å². The molecule has 2 nitrogen and oxygen atoms in total. The molecule has 0 aliphatic heterocycles. The minimum Gasteiger partial charge on any atom is -0.379 e. The van der Waals surface area contributed by atoms with Gasteiger partial charge < -0.3 is 10.7 Å². The topological polar surface area (TPSA) is 35.9 Å². The molecule has 0 aromatic heterocycles. The average molecular weight is 311 g/mol. The van der Waals surface area contributed by atoms with Crippen molar-refractivity contribution in [2.24, 2.45) is 11.8 Å². The normalized spacial score (nSPS) is 22.1. The van der Waals surface area contributed by atoms with Crippen molar-refractivity contribution in [2.45, 2.75) is 31.9 Å². The Hall–Kier alpha value is -0.520. The molecule has 2 N–H and O–H groups in total. The summed E-state index contributed by atoms with van der Waals surface area (Å²) in [4.78, 5) is 0. The largest absolute Gasteiger partial charge is 0.405 e. The second-order valence-corrected chi connectivity index (χ2v) is 5.45. The maximum Gasteiger partial charge on any atom is 0.405 e. The summed E-state index contributed by atoms with van der Waals surface area (Å²) >= 11 is 3.28. The van der Waals surface area contributed by atoms with Crippen LogP contribution in [0.15, 0.2) is 10.2 Å². The van der Waals surface area contributed by atoms with Gasteiger partial charge >= 0.3 is 6.18 Å². The third-order valence-corrected chi connectivity index (χ3v) is 3.78. The van der Waals surface area contributed by atoms with E-state index in [0.717, 1.165) is 25.7 Å². The summed E-state index contributed by atoms with van der Waals surface area (Å²) in [6.07, 6.45) is -0.439. The van der Waals surface area contributed by atoms with E-state index in [-0.39, 0.29) is 11.8 Å². The first-order valence-electron chi connectivity index (χ1n) is 5.67. The Bertz CT molecular complexity index is 354. The van der Waals surface area contributed by atoms with Gasteiger partial charge in [-0.15, -0.1) is 0 Å². The molecule has 2 aliphatic carbocycles. The van der Waals surface area contributed by atoms with Crippen LogP contribution in [-0.2, 0) is 0 Å². The van der Waals surface area contributed by atoms with Crippen molar-refractivity contribution < 1.29 is 13.2 Å². The summed E-state index contributed by atoms with van der Waals surface area (Å²) in [6, 6.07) is 0. The van der Waals surface area contributed by atoms with E-state index in [9.17, 15) is 13.2 Å². The monoisotopic (exact) mass is 310 g/mol. The number of rotatable bonds is 5. The van der Waals surface area contributed by atoms with Crippen molar-refractivity contribution in [1.82, 2.24) is 5.32 Å². The minimum atomic E-state index is -4.21. The molecule has 0 atom stereocenters. The van der Waals surface area contributed by atoms with Crippen molar-refractivity contribution in [3.8, 4) is 0 Å². The van der Waals surface area contributed by atoms with Crippen LogP contribution in [0.3, 0.4) is 0 Å². The van der Waals surface area contributed by atoms with E-state index < -0.39 is 12.7 Å². The van der Waals surface area contributed by atoms with Crippen LogP contribution in [-0.4, -0.2) is 18.4 Å². The molecule has 0 saturated heterocycles. The second-order valence-electron chi connectivity index (χ2n) is 4.66. The third kappa shape index (κ3) is 3.72. The number of hydrogen-bond acceptors (Lipinski definition) is 2. The number of allylic oxidation sites excluding steroid dienone is 2. The Morgan fingerprint density at radius 2 is 1.71 bits per heavy atom. The predicted molar refractivity (Wildman–Crippen MR) is 63.2 cm³/mol. The Balaban J connectivity index is 2.04. The fraction of sp³-hybridized carbons (Fsp3) is 0.727. The Labute approximate surface area is 106 Å². The van der Waals surface area contributed by atoms with E-state index in [4.69, 9.17) is 5.41 Å². The van der Waals surface area contributed by atoms with Crippen LogP contribution in [0.25, 0.3) is 0 Å². The molecule has 0 unspecified atom stereocenters. The molecule has 96 valence electrons.